The number of amides is 1. The molecule has 1 amide bonds. The van der Waals surface area contributed by atoms with Gasteiger partial charge in [0.05, 0.1) is 0 Å². The highest BCUT2D eigenvalue weighted by atomic mass is 79.9. The topological polar surface area (TPSA) is 20.3 Å². The van der Waals surface area contributed by atoms with E-state index in [1.54, 1.807) is 0 Å². The zero-order chi connectivity index (χ0) is 11.8. The van der Waals surface area contributed by atoms with Crippen molar-refractivity contribution in [3.8, 4) is 0 Å². The van der Waals surface area contributed by atoms with Crippen LogP contribution in [0.15, 0.2) is 22.8 Å². The fourth-order valence-electron chi connectivity index (χ4n) is 2.76. The maximum Gasteiger partial charge on any atom is 0.227 e. The molecule has 1 heterocycles. The normalized spacial score (nSPS) is 29.0. The average Bonchev–Trinajstić information content (AvgIpc) is 2.45. The molecule has 1 fully saturated rings. The van der Waals surface area contributed by atoms with Crippen molar-refractivity contribution in [2.45, 2.75) is 39.0 Å². The molecule has 88 valence electrons. The van der Waals surface area contributed by atoms with Crippen LogP contribution in [0, 0.1) is 5.41 Å². The summed E-state index contributed by atoms with van der Waals surface area (Å²) in [7, 11) is 0. The predicted molar refractivity (Wildman–Crippen MR) is 69.1 cm³/mol. The first-order chi connectivity index (χ1) is 7.53. The molecule has 1 atom stereocenters. The smallest absolute Gasteiger partial charge is 0.227 e. The molecule has 2 nitrogen and oxygen atoms in total. The standard InChI is InChI=1S/C13H18BrNO/c1-10(14)6-8-15-11-5-3-4-7-13(11,2)9-12(15)16/h5H,1,3-4,6-9H2,2H3. The fraction of sp³-hybridized carbons (Fsp3) is 0.615. The van der Waals surface area contributed by atoms with Gasteiger partial charge in [-0.15, -0.1) is 0 Å². The summed E-state index contributed by atoms with van der Waals surface area (Å²) >= 11 is 3.35. The summed E-state index contributed by atoms with van der Waals surface area (Å²) < 4.78 is 0.963. The summed E-state index contributed by atoms with van der Waals surface area (Å²) in [6, 6.07) is 0. The lowest BCUT2D eigenvalue weighted by Gasteiger charge is -2.31. The third kappa shape index (κ3) is 2.10. The molecule has 0 aromatic heterocycles. The van der Waals surface area contributed by atoms with E-state index in [1.807, 2.05) is 4.90 Å². The first-order valence-corrected chi connectivity index (χ1v) is 6.66. The number of nitrogens with zero attached hydrogens (tertiary/aromatic N) is 1. The number of likely N-dealkylation sites (tertiary alicyclic amines) is 1. The minimum atomic E-state index is 0.114. The van der Waals surface area contributed by atoms with Crippen LogP contribution in [0.1, 0.15) is 39.0 Å². The van der Waals surface area contributed by atoms with Gasteiger partial charge in [-0.05, 0) is 30.2 Å². The molecule has 0 saturated carbocycles. The lowest BCUT2D eigenvalue weighted by molar-refractivity contribution is -0.126. The van der Waals surface area contributed by atoms with E-state index in [-0.39, 0.29) is 11.3 Å². The molecule has 0 aromatic carbocycles. The Kier molecular flexibility index (Phi) is 3.24. The van der Waals surface area contributed by atoms with Gasteiger partial charge < -0.3 is 4.90 Å². The van der Waals surface area contributed by atoms with E-state index in [0.29, 0.717) is 6.42 Å². The van der Waals surface area contributed by atoms with Gasteiger partial charge in [0.2, 0.25) is 5.91 Å². The molecule has 0 aromatic rings. The van der Waals surface area contributed by atoms with E-state index in [1.165, 1.54) is 12.1 Å². The van der Waals surface area contributed by atoms with Gasteiger partial charge in [-0.3, -0.25) is 4.79 Å². The predicted octanol–water partition coefficient (Wildman–Crippen LogP) is 3.59. The van der Waals surface area contributed by atoms with Gasteiger partial charge in [0, 0.05) is 24.1 Å². The lowest BCUT2D eigenvalue weighted by Crippen LogP contribution is -2.27. The van der Waals surface area contributed by atoms with Gasteiger partial charge in [0.25, 0.3) is 0 Å². The van der Waals surface area contributed by atoms with E-state index < -0.39 is 0 Å². The summed E-state index contributed by atoms with van der Waals surface area (Å²) in [4.78, 5) is 14.0. The number of allylic oxidation sites excluding steroid dienone is 2. The minimum Gasteiger partial charge on any atom is -0.316 e. The van der Waals surface area contributed by atoms with Crippen LogP contribution in [0.5, 0.6) is 0 Å². The molecule has 1 aliphatic heterocycles. The quantitative estimate of drug-likeness (QED) is 0.775. The Morgan fingerprint density at radius 1 is 1.69 bits per heavy atom. The summed E-state index contributed by atoms with van der Waals surface area (Å²) in [5.41, 5.74) is 1.38. The highest BCUT2D eigenvalue weighted by Crippen LogP contribution is 2.47. The van der Waals surface area contributed by atoms with Crippen LogP contribution in [0.4, 0.5) is 0 Å². The van der Waals surface area contributed by atoms with E-state index >= 15 is 0 Å². The number of carbonyl (C=O) groups excluding carboxylic acids is 1. The lowest BCUT2D eigenvalue weighted by atomic mass is 9.77. The van der Waals surface area contributed by atoms with Crippen molar-refractivity contribution in [2.24, 2.45) is 5.41 Å². The second-order valence-corrected chi connectivity index (χ2v) is 6.15. The second-order valence-electron chi connectivity index (χ2n) is 5.03. The molecule has 1 saturated heterocycles. The Labute approximate surface area is 106 Å². The number of hydrogen-bond donors (Lipinski definition) is 0. The van der Waals surface area contributed by atoms with Gasteiger partial charge in [0.15, 0.2) is 0 Å². The molecule has 3 heteroatoms. The summed E-state index contributed by atoms with van der Waals surface area (Å²) in [5.74, 6) is 0.282. The molecular formula is C13H18BrNO. The van der Waals surface area contributed by atoms with Crippen molar-refractivity contribution in [1.82, 2.24) is 4.90 Å². The van der Waals surface area contributed by atoms with Crippen molar-refractivity contribution in [3.05, 3.63) is 22.8 Å². The van der Waals surface area contributed by atoms with Crippen molar-refractivity contribution < 1.29 is 4.79 Å². The molecule has 16 heavy (non-hydrogen) atoms. The van der Waals surface area contributed by atoms with Crippen molar-refractivity contribution in [2.75, 3.05) is 6.54 Å². The molecular weight excluding hydrogens is 266 g/mol. The maximum atomic E-state index is 12.0. The van der Waals surface area contributed by atoms with E-state index in [4.69, 9.17) is 0 Å². The molecule has 0 N–H and O–H groups in total. The molecule has 2 rings (SSSR count). The van der Waals surface area contributed by atoms with Crippen LogP contribution in [-0.4, -0.2) is 17.4 Å². The summed E-state index contributed by atoms with van der Waals surface area (Å²) in [6.07, 6.45) is 7.25. The first-order valence-electron chi connectivity index (χ1n) is 5.87. The minimum absolute atomic E-state index is 0.114. The Morgan fingerprint density at radius 2 is 2.44 bits per heavy atom. The van der Waals surface area contributed by atoms with Crippen molar-refractivity contribution in [3.63, 3.8) is 0 Å². The van der Waals surface area contributed by atoms with Gasteiger partial charge in [-0.1, -0.05) is 35.5 Å². The molecule has 0 bridgehead atoms. The zero-order valence-corrected chi connectivity index (χ0v) is 11.3. The number of halogens is 1. The van der Waals surface area contributed by atoms with Crippen LogP contribution >= 0.6 is 15.9 Å². The van der Waals surface area contributed by atoms with Gasteiger partial charge in [-0.2, -0.15) is 0 Å². The highest BCUT2D eigenvalue weighted by Gasteiger charge is 2.44. The van der Waals surface area contributed by atoms with Crippen LogP contribution in [0.2, 0.25) is 0 Å². The van der Waals surface area contributed by atoms with Crippen LogP contribution in [0.3, 0.4) is 0 Å². The number of carbonyl (C=O) groups is 1. The van der Waals surface area contributed by atoms with Gasteiger partial charge in [-0.25, -0.2) is 0 Å². The van der Waals surface area contributed by atoms with E-state index in [9.17, 15) is 4.79 Å². The van der Waals surface area contributed by atoms with Crippen molar-refractivity contribution in [1.29, 1.82) is 0 Å². The monoisotopic (exact) mass is 283 g/mol. The Balaban J connectivity index is 2.16. The fourth-order valence-corrected chi connectivity index (χ4v) is 2.94. The Hall–Kier alpha value is -0.570. The molecule has 2 aliphatic rings. The van der Waals surface area contributed by atoms with Crippen LogP contribution in [-0.2, 0) is 4.79 Å². The van der Waals surface area contributed by atoms with Gasteiger partial charge >= 0.3 is 0 Å². The SMILES string of the molecule is C=C(Br)CCN1C(=O)CC2(C)CCCC=C12. The summed E-state index contributed by atoms with van der Waals surface area (Å²) in [5, 5.41) is 0. The summed E-state index contributed by atoms with van der Waals surface area (Å²) in [6.45, 7) is 6.81. The largest absolute Gasteiger partial charge is 0.316 e. The first kappa shape index (κ1) is 11.9. The second kappa shape index (κ2) is 4.36. The molecule has 0 spiro atoms. The zero-order valence-electron chi connectivity index (χ0n) is 9.76. The van der Waals surface area contributed by atoms with E-state index in [0.717, 1.165) is 30.3 Å². The maximum absolute atomic E-state index is 12.0. The Bertz CT molecular complexity index is 361. The highest BCUT2D eigenvalue weighted by molar-refractivity contribution is 9.11. The molecule has 1 aliphatic carbocycles. The number of hydrogen-bond acceptors (Lipinski definition) is 1. The number of fused-ring (bicyclic) bond motifs is 1. The number of rotatable bonds is 3. The Morgan fingerprint density at radius 3 is 3.12 bits per heavy atom. The average molecular weight is 284 g/mol. The molecule has 0 radical (unpaired) electrons. The third-order valence-electron chi connectivity index (χ3n) is 3.63. The third-order valence-corrected chi connectivity index (χ3v) is 4.03. The van der Waals surface area contributed by atoms with Crippen molar-refractivity contribution >= 4 is 21.8 Å². The van der Waals surface area contributed by atoms with Gasteiger partial charge in [0.1, 0.15) is 0 Å². The molecule has 1 unspecified atom stereocenters. The van der Waals surface area contributed by atoms with Crippen LogP contribution < -0.4 is 0 Å². The van der Waals surface area contributed by atoms with Crippen LogP contribution in [0.25, 0.3) is 0 Å². The van der Waals surface area contributed by atoms with E-state index in [2.05, 4.69) is 35.5 Å².